The molecule has 0 aromatic heterocycles. The van der Waals surface area contributed by atoms with E-state index >= 15 is 0 Å². The summed E-state index contributed by atoms with van der Waals surface area (Å²) in [5.74, 6) is 0.313. The van der Waals surface area contributed by atoms with Crippen LogP contribution in [0.4, 0.5) is 0 Å². The lowest BCUT2D eigenvalue weighted by molar-refractivity contribution is -0.188. The molecule has 5 aliphatic carbocycles. The number of carbonyl (C=O) groups excluding carboxylic acids is 1. The number of allylic oxidation sites excluding steroid dienone is 2. The van der Waals surface area contributed by atoms with Gasteiger partial charge in [0, 0.05) is 12.0 Å². The number of carbonyl (C=O) groups is 2. The van der Waals surface area contributed by atoms with Gasteiger partial charge in [-0.1, -0.05) is 47.1 Å². The molecule has 3 N–H and O–H groups in total. The fourth-order valence-electron chi connectivity index (χ4n) is 10.4. The van der Waals surface area contributed by atoms with Gasteiger partial charge in [0.1, 0.15) is 0 Å². The van der Waals surface area contributed by atoms with Crippen LogP contribution >= 0.6 is 0 Å². The van der Waals surface area contributed by atoms with Crippen LogP contribution in [0.5, 0.6) is 0 Å². The van der Waals surface area contributed by atoms with Crippen molar-refractivity contribution < 1.29 is 14.7 Å². The quantitative estimate of drug-likeness (QED) is 0.467. The van der Waals surface area contributed by atoms with E-state index in [1.165, 1.54) is 5.57 Å². The standard InChI is InChI=1S/C30H47NO3/c1-25(2)21-8-11-30(7)23(28(21,5)10-9-22(25)31)20(32)16-18-19-17-27(4,24(33)34)13-12-26(19,3)14-15-29(18,30)6/h16,19,21-23H,8-15,17,31H2,1-7H3,(H,33,34)/t19-,21-,22+,23-,26+,27-,28-,29+,30+/m0/s1. The van der Waals surface area contributed by atoms with Gasteiger partial charge < -0.3 is 10.8 Å². The summed E-state index contributed by atoms with van der Waals surface area (Å²) >= 11 is 0. The molecule has 0 aliphatic heterocycles. The van der Waals surface area contributed by atoms with E-state index in [1.807, 2.05) is 6.92 Å². The first-order valence-corrected chi connectivity index (χ1v) is 13.8. The van der Waals surface area contributed by atoms with Gasteiger partial charge in [-0.05, 0) is 110 Å². The second-order valence-electron chi connectivity index (χ2n) is 15.0. The Morgan fingerprint density at radius 1 is 0.941 bits per heavy atom. The number of rotatable bonds is 1. The van der Waals surface area contributed by atoms with Crippen LogP contribution in [0.2, 0.25) is 0 Å². The summed E-state index contributed by atoms with van der Waals surface area (Å²) in [6, 6.07) is 0.196. The highest BCUT2D eigenvalue weighted by Gasteiger charge is 2.70. The van der Waals surface area contributed by atoms with Gasteiger partial charge in [-0.15, -0.1) is 0 Å². The van der Waals surface area contributed by atoms with Crippen LogP contribution in [0.1, 0.15) is 106 Å². The smallest absolute Gasteiger partial charge is 0.309 e. The zero-order valence-electron chi connectivity index (χ0n) is 22.6. The van der Waals surface area contributed by atoms with Crippen molar-refractivity contribution in [2.24, 2.45) is 56.0 Å². The molecule has 0 spiro atoms. The number of carboxylic acids is 1. The van der Waals surface area contributed by atoms with Crippen molar-refractivity contribution in [3.63, 3.8) is 0 Å². The highest BCUT2D eigenvalue weighted by molar-refractivity contribution is 5.95. The van der Waals surface area contributed by atoms with Gasteiger partial charge >= 0.3 is 5.97 Å². The molecule has 4 nitrogen and oxygen atoms in total. The van der Waals surface area contributed by atoms with Crippen LogP contribution in [0.3, 0.4) is 0 Å². The van der Waals surface area contributed by atoms with Crippen molar-refractivity contribution in [1.29, 1.82) is 0 Å². The second-order valence-corrected chi connectivity index (χ2v) is 15.0. The maximum absolute atomic E-state index is 14.2. The highest BCUT2D eigenvalue weighted by atomic mass is 16.4. The fourth-order valence-corrected chi connectivity index (χ4v) is 10.4. The molecule has 5 rings (SSSR count). The molecule has 0 radical (unpaired) electrons. The Bertz CT molecular complexity index is 968. The minimum Gasteiger partial charge on any atom is -0.481 e. The molecule has 0 aromatic carbocycles. The van der Waals surface area contributed by atoms with Crippen molar-refractivity contribution in [3.05, 3.63) is 11.6 Å². The molecule has 0 bridgehead atoms. The first-order valence-electron chi connectivity index (χ1n) is 13.8. The lowest BCUT2D eigenvalue weighted by Crippen LogP contribution is -2.67. The lowest BCUT2D eigenvalue weighted by Gasteiger charge is -2.70. The first-order chi connectivity index (χ1) is 15.6. The van der Waals surface area contributed by atoms with E-state index in [2.05, 4.69) is 47.6 Å². The third-order valence-electron chi connectivity index (χ3n) is 13.2. The number of hydrogen-bond acceptors (Lipinski definition) is 3. The molecule has 34 heavy (non-hydrogen) atoms. The zero-order valence-corrected chi connectivity index (χ0v) is 22.6. The fraction of sp³-hybridized carbons (Fsp3) is 0.867. The number of hydrogen-bond donors (Lipinski definition) is 2. The van der Waals surface area contributed by atoms with Crippen LogP contribution in [0, 0.1) is 50.2 Å². The van der Waals surface area contributed by atoms with Crippen LogP contribution in [-0.4, -0.2) is 22.9 Å². The average molecular weight is 470 g/mol. The van der Waals surface area contributed by atoms with Crippen LogP contribution < -0.4 is 5.73 Å². The second kappa shape index (κ2) is 6.99. The Hall–Kier alpha value is -1.16. The number of aliphatic carboxylic acids is 1. The molecule has 190 valence electrons. The summed E-state index contributed by atoms with van der Waals surface area (Å²) in [5, 5.41) is 10.1. The van der Waals surface area contributed by atoms with Crippen molar-refractivity contribution in [1.82, 2.24) is 0 Å². The molecule has 4 heteroatoms. The summed E-state index contributed by atoms with van der Waals surface area (Å²) in [4.78, 5) is 26.5. The van der Waals surface area contributed by atoms with Crippen molar-refractivity contribution >= 4 is 11.8 Å². The largest absolute Gasteiger partial charge is 0.481 e. The van der Waals surface area contributed by atoms with Crippen LogP contribution in [0.25, 0.3) is 0 Å². The zero-order chi connectivity index (χ0) is 25.1. The van der Waals surface area contributed by atoms with E-state index in [9.17, 15) is 14.7 Å². The molecule has 5 aliphatic rings. The highest BCUT2D eigenvalue weighted by Crippen LogP contribution is 2.75. The van der Waals surface area contributed by atoms with E-state index in [-0.39, 0.29) is 45.0 Å². The van der Waals surface area contributed by atoms with Crippen LogP contribution in [-0.2, 0) is 9.59 Å². The van der Waals surface area contributed by atoms with Crippen LogP contribution in [0.15, 0.2) is 11.6 Å². The number of ketones is 1. The average Bonchev–Trinajstić information content (AvgIpc) is 2.73. The third-order valence-corrected chi connectivity index (χ3v) is 13.2. The number of fused-ring (bicyclic) bond motifs is 7. The Morgan fingerprint density at radius 3 is 2.24 bits per heavy atom. The normalized spacial score (nSPS) is 54.1. The molecule has 0 aromatic rings. The van der Waals surface area contributed by atoms with Gasteiger partial charge in [-0.2, -0.15) is 0 Å². The van der Waals surface area contributed by atoms with Gasteiger partial charge in [-0.25, -0.2) is 0 Å². The summed E-state index contributed by atoms with van der Waals surface area (Å²) < 4.78 is 0. The Labute approximate surface area is 206 Å². The predicted molar refractivity (Wildman–Crippen MR) is 135 cm³/mol. The molecule has 4 saturated carbocycles. The maximum Gasteiger partial charge on any atom is 0.309 e. The molecular formula is C30H47NO3. The Balaban J connectivity index is 1.62. The molecule has 0 amide bonds. The van der Waals surface area contributed by atoms with Crippen molar-refractivity contribution in [3.8, 4) is 0 Å². The lowest BCUT2D eigenvalue weighted by atomic mass is 9.33. The van der Waals surface area contributed by atoms with E-state index in [1.54, 1.807) is 0 Å². The number of nitrogens with two attached hydrogens (primary N) is 1. The summed E-state index contributed by atoms with van der Waals surface area (Å²) in [6.07, 6.45) is 10.9. The van der Waals surface area contributed by atoms with Gasteiger partial charge in [0.05, 0.1) is 5.41 Å². The molecule has 9 atom stereocenters. The molecule has 0 saturated heterocycles. The van der Waals surface area contributed by atoms with Gasteiger partial charge in [0.15, 0.2) is 5.78 Å². The maximum atomic E-state index is 14.2. The van der Waals surface area contributed by atoms with Crippen molar-refractivity contribution in [2.45, 2.75) is 112 Å². The van der Waals surface area contributed by atoms with Crippen molar-refractivity contribution in [2.75, 3.05) is 0 Å². The van der Waals surface area contributed by atoms with E-state index in [0.717, 1.165) is 51.4 Å². The molecule has 0 heterocycles. The Kier molecular flexibility index (Phi) is 5.04. The third kappa shape index (κ3) is 2.81. The summed E-state index contributed by atoms with van der Waals surface area (Å²) in [7, 11) is 0. The SMILES string of the molecule is CC1(C)[C@H](N)CC[C@@]2(C)[C@H]1CC[C@]1(C)[C@H]2C(=O)C=C2[C@@H]3C[C@@](C)(C(=O)O)CC[C@]3(C)CC[C@]21C. The minimum atomic E-state index is -0.697. The van der Waals surface area contributed by atoms with E-state index in [0.29, 0.717) is 18.1 Å². The molecule has 4 fully saturated rings. The van der Waals surface area contributed by atoms with Gasteiger partial charge in [0.2, 0.25) is 0 Å². The molecular weight excluding hydrogens is 422 g/mol. The molecule has 0 unspecified atom stereocenters. The first kappa shape index (κ1) is 24.5. The summed E-state index contributed by atoms with van der Waals surface area (Å²) in [5.41, 5.74) is 7.21. The monoisotopic (exact) mass is 469 g/mol. The number of carboxylic acid groups (broad SMARTS) is 1. The minimum absolute atomic E-state index is 0.0260. The topological polar surface area (TPSA) is 80.4 Å². The van der Waals surface area contributed by atoms with Gasteiger partial charge in [0.25, 0.3) is 0 Å². The van der Waals surface area contributed by atoms with E-state index in [4.69, 9.17) is 5.73 Å². The predicted octanol–water partition coefficient (Wildman–Crippen LogP) is 6.38. The van der Waals surface area contributed by atoms with Gasteiger partial charge in [-0.3, -0.25) is 9.59 Å². The van der Waals surface area contributed by atoms with E-state index < -0.39 is 11.4 Å². The summed E-state index contributed by atoms with van der Waals surface area (Å²) in [6.45, 7) is 16.2. The Morgan fingerprint density at radius 2 is 1.59 bits per heavy atom.